The van der Waals surface area contributed by atoms with E-state index in [0.717, 1.165) is 53.7 Å². The van der Waals surface area contributed by atoms with Gasteiger partial charge >= 0.3 is 0 Å². The molecule has 1 aliphatic heterocycles. The van der Waals surface area contributed by atoms with Crippen LogP contribution in [0.25, 0.3) is 11.0 Å². The Morgan fingerprint density at radius 2 is 2.09 bits per heavy atom. The number of carbonyl (C=O) groups excluding carboxylic acids is 1. The molecule has 0 bridgehead atoms. The second-order valence-electron chi connectivity index (χ2n) is 8.48. The summed E-state index contributed by atoms with van der Waals surface area (Å²) in [4.78, 5) is 17.5. The van der Waals surface area contributed by atoms with E-state index in [1.807, 2.05) is 45.2 Å². The summed E-state index contributed by atoms with van der Waals surface area (Å²) in [6.45, 7) is 5.28. The Morgan fingerprint density at radius 3 is 2.85 bits per heavy atom. The topological polar surface area (TPSA) is 87.5 Å². The highest BCUT2D eigenvalue weighted by Gasteiger charge is 2.19. The number of pyridine rings is 1. The largest absolute Gasteiger partial charge is 0.489 e. The molecule has 4 rings (SSSR count). The highest BCUT2D eigenvalue weighted by atomic mass is 16.5. The summed E-state index contributed by atoms with van der Waals surface area (Å²) < 4.78 is 18.9. The van der Waals surface area contributed by atoms with E-state index in [2.05, 4.69) is 10.4 Å². The Balaban J connectivity index is 1.42. The van der Waals surface area contributed by atoms with Gasteiger partial charge in [-0.2, -0.15) is 0 Å². The van der Waals surface area contributed by atoms with Crippen molar-refractivity contribution in [1.82, 2.24) is 14.8 Å². The first kappa shape index (κ1) is 23.0. The van der Waals surface area contributed by atoms with Gasteiger partial charge in [0.25, 0.3) is 0 Å². The van der Waals surface area contributed by atoms with Crippen molar-refractivity contribution in [3.05, 3.63) is 41.1 Å². The molecule has 1 unspecified atom stereocenters. The second-order valence-corrected chi connectivity index (χ2v) is 8.48. The molecular formula is C25H32N4O4. The fourth-order valence-corrected chi connectivity index (χ4v) is 4.38. The van der Waals surface area contributed by atoms with E-state index in [1.54, 1.807) is 11.8 Å². The number of aromatic nitrogens is 3. The van der Waals surface area contributed by atoms with Crippen molar-refractivity contribution in [2.75, 3.05) is 25.6 Å². The summed E-state index contributed by atoms with van der Waals surface area (Å²) in [7, 11) is 3.46. The number of aryl methyl sites for hydroxylation is 3. The number of rotatable bonds is 8. The van der Waals surface area contributed by atoms with Crippen molar-refractivity contribution in [2.24, 2.45) is 7.05 Å². The Bertz CT molecular complexity index is 1140. The Labute approximate surface area is 194 Å². The smallest absolute Gasteiger partial charge is 0.242 e. The van der Waals surface area contributed by atoms with Crippen molar-refractivity contribution in [3.8, 4) is 11.6 Å². The van der Waals surface area contributed by atoms with Crippen LogP contribution >= 0.6 is 0 Å². The molecule has 8 nitrogen and oxygen atoms in total. The van der Waals surface area contributed by atoms with Crippen LogP contribution in [0, 0.1) is 13.8 Å². The van der Waals surface area contributed by atoms with E-state index in [0.29, 0.717) is 36.8 Å². The highest BCUT2D eigenvalue weighted by molar-refractivity contribution is 5.92. The fourth-order valence-electron chi connectivity index (χ4n) is 4.38. The molecule has 33 heavy (non-hydrogen) atoms. The van der Waals surface area contributed by atoms with Gasteiger partial charge in [-0.15, -0.1) is 5.10 Å². The lowest BCUT2D eigenvalue weighted by Crippen LogP contribution is -2.26. The first-order chi connectivity index (χ1) is 16.0. The molecule has 2 aromatic heterocycles. The zero-order valence-corrected chi connectivity index (χ0v) is 19.8. The SMILES string of the molecule is COc1nn(C)c2nc(C)c(CCC(=O)Nc3ccccc3OCC3CCCCO3)c(C)c12. The number of hydrogen-bond donors (Lipinski definition) is 1. The van der Waals surface area contributed by atoms with Gasteiger partial charge in [0.2, 0.25) is 11.8 Å². The minimum atomic E-state index is -0.0722. The number of ether oxygens (including phenoxy) is 3. The van der Waals surface area contributed by atoms with E-state index in [1.165, 1.54) is 0 Å². The van der Waals surface area contributed by atoms with Crippen LogP contribution < -0.4 is 14.8 Å². The van der Waals surface area contributed by atoms with Gasteiger partial charge in [-0.1, -0.05) is 12.1 Å². The van der Waals surface area contributed by atoms with Crippen LogP contribution in [-0.2, 0) is 23.0 Å². The lowest BCUT2D eigenvalue weighted by molar-refractivity contribution is -0.116. The van der Waals surface area contributed by atoms with Gasteiger partial charge in [0.05, 0.1) is 24.3 Å². The average Bonchev–Trinajstić information content (AvgIpc) is 3.14. The molecule has 1 saturated heterocycles. The van der Waals surface area contributed by atoms with Gasteiger partial charge in [-0.25, -0.2) is 9.67 Å². The van der Waals surface area contributed by atoms with Crippen LogP contribution in [0.3, 0.4) is 0 Å². The molecule has 3 heterocycles. The predicted octanol–water partition coefficient (Wildman–Crippen LogP) is 4.11. The van der Waals surface area contributed by atoms with Gasteiger partial charge in [-0.05, 0) is 62.8 Å². The van der Waals surface area contributed by atoms with Crippen LogP contribution in [0.15, 0.2) is 24.3 Å². The molecular weight excluding hydrogens is 420 g/mol. The second kappa shape index (κ2) is 10.2. The van der Waals surface area contributed by atoms with Crippen LogP contribution in [0.5, 0.6) is 11.6 Å². The Morgan fingerprint density at radius 1 is 1.27 bits per heavy atom. The fraction of sp³-hybridized carbons (Fsp3) is 0.480. The monoisotopic (exact) mass is 452 g/mol. The van der Waals surface area contributed by atoms with Gasteiger partial charge in [-0.3, -0.25) is 4.79 Å². The van der Waals surface area contributed by atoms with Crippen LogP contribution in [0.2, 0.25) is 0 Å². The normalized spacial score (nSPS) is 16.1. The number of amides is 1. The van der Waals surface area contributed by atoms with E-state index in [9.17, 15) is 4.79 Å². The summed E-state index contributed by atoms with van der Waals surface area (Å²) in [6.07, 6.45) is 4.30. The zero-order valence-electron chi connectivity index (χ0n) is 19.8. The maximum Gasteiger partial charge on any atom is 0.242 e. The first-order valence-corrected chi connectivity index (χ1v) is 11.5. The lowest BCUT2D eigenvalue weighted by Gasteiger charge is -2.23. The van der Waals surface area contributed by atoms with E-state index < -0.39 is 0 Å². The molecule has 0 saturated carbocycles. The summed E-state index contributed by atoms with van der Waals surface area (Å²) >= 11 is 0. The molecule has 8 heteroatoms. The number of para-hydroxylation sites is 2. The number of nitrogens with zero attached hydrogens (tertiary/aromatic N) is 3. The summed E-state index contributed by atoms with van der Waals surface area (Å²) in [5.41, 5.74) is 4.45. The first-order valence-electron chi connectivity index (χ1n) is 11.5. The van der Waals surface area contributed by atoms with Crippen molar-refractivity contribution in [2.45, 2.75) is 52.1 Å². The molecule has 176 valence electrons. The number of hydrogen-bond acceptors (Lipinski definition) is 6. The summed E-state index contributed by atoms with van der Waals surface area (Å²) in [5.74, 6) is 1.14. The average molecular weight is 453 g/mol. The molecule has 1 aromatic carbocycles. The van der Waals surface area contributed by atoms with Gasteiger partial charge < -0.3 is 19.5 Å². The summed E-state index contributed by atoms with van der Waals surface area (Å²) in [6, 6.07) is 7.53. The van der Waals surface area contributed by atoms with Gasteiger partial charge in [0, 0.05) is 25.8 Å². The van der Waals surface area contributed by atoms with Crippen molar-refractivity contribution in [1.29, 1.82) is 0 Å². The van der Waals surface area contributed by atoms with Gasteiger partial charge in [0.1, 0.15) is 12.4 Å². The number of nitrogens with one attached hydrogen (secondary N) is 1. The molecule has 3 aromatic rings. The predicted molar refractivity (Wildman–Crippen MR) is 127 cm³/mol. The lowest BCUT2D eigenvalue weighted by atomic mass is 10.00. The molecule has 0 radical (unpaired) electrons. The number of carbonyl (C=O) groups is 1. The number of fused-ring (bicyclic) bond motifs is 1. The van der Waals surface area contributed by atoms with Crippen molar-refractivity contribution >= 4 is 22.6 Å². The third kappa shape index (κ3) is 5.11. The number of methoxy groups -OCH3 is 1. The van der Waals surface area contributed by atoms with Crippen molar-refractivity contribution in [3.63, 3.8) is 0 Å². The third-order valence-corrected chi connectivity index (χ3v) is 6.18. The maximum atomic E-state index is 12.8. The van der Waals surface area contributed by atoms with Crippen LogP contribution in [0.1, 0.15) is 42.5 Å². The minimum Gasteiger partial charge on any atom is -0.489 e. The van der Waals surface area contributed by atoms with E-state index >= 15 is 0 Å². The molecule has 1 fully saturated rings. The number of benzene rings is 1. The molecule has 0 aliphatic carbocycles. The van der Waals surface area contributed by atoms with E-state index in [4.69, 9.17) is 19.2 Å². The number of anilines is 1. The van der Waals surface area contributed by atoms with Crippen LogP contribution in [0.4, 0.5) is 5.69 Å². The summed E-state index contributed by atoms with van der Waals surface area (Å²) in [5, 5.41) is 8.29. The van der Waals surface area contributed by atoms with Gasteiger partial charge in [0.15, 0.2) is 5.65 Å². The standard InChI is InChI=1S/C25H32N4O4/c1-16-19(17(2)26-24-23(16)25(31-4)28-29(24)3)12-13-22(30)27-20-10-5-6-11-21(20)33-15-18-9-7-8-14-32-18/h5-6,10-11,18H,7-9,12-15H2,1-4H3,(H,27,30). The highest BCUT2D eigenvalue weighted by Crippen LogP contribution is 2.31. The molecule has 1 amide bonds. The molecule has 0 spiro atoms. The zero-order chi connectivity index (χ0) is 23.4. The quantitative estimate of drug-likeness (QED) is 0.553. The Hall–Kier alpha value is -3.13. The maximum absolute atomic E-state index is 12.8. The molecule has 1 atom stereocenters. The Kier molecular flexibility index (Phi) is 7.13. The van der Waals surface area contributed by atoms with E-state index in [-0.39, 0.29) is 12.0 Å². The van der Waals surface area contributed by atoms with Crippen LogP contribution in [-0.4, -0.2) is 47.1 Å². The molecule has 1 N–H and O–H groups in total. The molecule has 1 aliphatic rings. The minimum absolute atomic E-state index is 0.0722. The van der Waals surface area contributed by atoms with Crippen molar-refractivity contribution < 1.29 is 19.0 Å². The third-order valence-electron chi connectivity index (χ3n) is 6.18.